The van der Waals surface area contributed by atoms with Crippen molar-refractivity contribution in [3.8, 4) is 11.5 Å². The Bertz CT molecular complexity index is 1320. The Labute approximate surface area is 182 Å². The number of para-hydroxylation sites is 2. The van der Waals surface area contributed by atoms with E-state index in [9.17, 15) is 34.6 Å². The van der Waals surface area contributed by atoms with Crippen LogP contribution in [0.25, 0.3) is 0 Å². The van der Waals surface area contributed by atoms with Crippen molar-refractivity contribution >= 4 is 32.0 Å². The number of nitrogens with zero attached hydrogens (tertiary/aromatic N) is 1. The molecule has 0 aliphatic carbocycles. The third kappa shape index (κ3) is 7.37. The van der Waals surface area contributed by atoms with Gasteiger partial charge in [-0.25, -0.2) is 0 Å². The summed E-state index contributed by atoms with van der Waals surface area (Å²) in [6.45, 7) is 0. The highest BCUT2D eigenvalue weighted by molar-refractivity contribution is 7.86. The number of anilines is 1. The van der Waals surface area contributed by atoms with Gasteiger partial charge in [0, 0.05) is 5.69 Å². The van der Waals surface area contributed by atoms with Crippen LogP contribution in [0.1, 0.15) is 5.56 Å². The van der Waals surface area contributed by atoms with E-state index in [0.717, 1.165) is 12.1 Å². The van der Waals surface area contributed by atoms with E-state index in [0.29, 0.717) is 5.75 Å². The van der Waals surface area contributed by atoms with Crippen molar-refractivity contribution < 1.29 is 39.3 Å². The lowest BCUT2D eigenvalue weighted by molar-refractivity contribution is -0.136. The summed E-state index contributed by atoms with van der Waals surface area (Å²) in [5.41, 5.74) is 3.93. The highest BCUT2D eigenvalue weighted by Crippen LogP contribution is 2.33. The summed E-state index contributed by atoms with van der Waals surface area (Å²) in [6.07, 6.45) is -4.34. The summed E-state index contributed by atoms with van der Waals surface area (Å²) >= 11 is 0. The minimum absolute atomic E-state index is 0.140. The Morgan fingerprint density at radius 3 is 2.03 bits per heavy atom. The van der Waals surface area contributed by atoms with Crippen LogP contribution in [0, 0.1) is 0 Å². The number of hydrogen-bond acceptors (Lipinski definition) is 7. The smallest absolute Gasteiger partial charge is 0.418 e. The van der Waals surface area contributed by atoms with Gasteiger partial charge in [0.1, 0.15) is 16.4 Å². The number of alkyl halides is 3. The van der Waals surface area contributed by atoms with Crippen LogP contribution in [-0.2, 0) is 26.8 Å². The first-order valence-electron chi connectivity index (χ1n) is 8.45. The molecular weight excluding hydrogens is 473 g/mol. The maximum absolute atomic E-state index is 12.0. The van der Waals surface area contributed by atoms with Crippen molar-refractivity contribution in [2.45, 2.75) is 11.1 Å². The van der Waals surface area contributed by atoms with Crippen LogP contribution in [0.2, 0.25) is 0 Å². The molecule has 0 atom stereocenters. The molecule has 0 radical (unpaired) electrons. The SMILES string of the molecule is Nc1ccccc1C(F)(F)F.O=S(=O)=Nc1ccc(Oc2ccccc2)c(S(=O)(=O)O)c1. The zero-order chi connectivity index (χ0) is 23.9. The van der Waals surface area contributed by atoms with E-state index in [4.69, 9.17) is 10.5 Å². The third-order valence-corrected chi connectivity index (χ3v) is 4.86. The second-order valence-electron chi connectivity index (χ2n) is 5.91. The van der Waals surface area contributed by atoms with Crippen LogP contribution in [0.3, 0.4) is 0 Å². The average molecular weight is 488 g/mol. The van der Waals surface area contributed by atoms with E-state index in [2.05, 4.69) is 4.36 Å². The van der Waals surface area contributed by atoms with Gasteiger partial charge in [0.05, 0.1) is 11.3 Å². The third-order valence-electron chi connectivity index (χ3n) is 3.62. The van der Waals surface area contributed by atoms with Crippen molar-refractivity contribution in [2.75, 3.05) is 5.73 Å². The minimum Gasteiger partial charge on any atom is -0.456 e. The number of halogens is 3. The van der Waals surface area contributed by atoms with Gasteiger partial charge in [-0.15, -0.1) is 4.36 Å². The topological polar surface area (TPSA) is 136 Å². The first-order valence-corrected chi connectivity index (χ1v) is 10.9. The molecule has 0 unspecified atom stereocenters. The van der Waals surface area contributed by atoms with Gasteiger partial charge in [0.25, 0.3) is 10.1 Å². The van der Waals surface area contributed by atoms with Gasteiger partial charge in [-0.2, -0.15) is 30.0 Å². The summed E-state index contributed by atoms with van der Waals surface area (Å²) in [4.78, 5) is -0.571. The molecule has 8 nitrogen and oxygen atoms in total. The van der Waals surface area contributed by atoms with Crippen molar-refractivity contribution in [3.05, 3.63) is 78.4 Å². The molecule has 3 aromatic carbocycles. The lowest BCUT2D eigenvalue weighted by Gasteiger charge is -2.09. The number of benzene rings is 3. The van der Waals surface area contributed by atoms with Crippen LogP contribution >= 0.6 is 0 Å². The van der Waals surface area contributed by atoms with Crippen LogP contribution in [-0.4, -0.2) is 21.4 Å². The van der Waals surface area contributed by atoms with Gasteiger partial charge in [0.15, 0.2) is 0 Å². The largest absolute Gasteiger partial charge is 0.456 e. The molecule has 0 bridgehead atoms. The number of rotatable bonds is 4. The van der Waals surface area contributed by atoms with Gasteiger partial charge in [0.2, 0.25) is 0 Å². The number of nitrogen functional groups attached to an aromatic ring is 1. The molecule has 0 fully saturated rings. The number of ether oxygens (including phenoxy) is 1. The Morgan fingerprint density at radius 1 is 0.938 bits per heavy atom. The minimum atomic E-state index is -4.60. The molecule has 0 saturated heterocycles. The second-order valence-corrected chi connectivity index (χ2v) is 7.92. The van der Waals surface area contributed by atoms with Crippen LogP contribution < -0.4 is 10.5 Å². The van der Waals surface area contributed by atoms with E-state index in [1.54, 1.807) is 30.3 Å². The molecule has 3 aromatic rings. The van der Waals surface area contributed by atoms with E-state index in [1.807, 2.05) is 0 Å². The summed E-state index contributed by atoms with van der Waals surface area (Å²) in [6, 6.07) is 16.6. The fraction of sp³-hybridized carbons (Fsp3) is 0.0526. The van der Waals surface area contributed by atoms with Crippen molar-refractivity contribution in [1.82, 2.24) is 0 Å². The molecule has 0 aliphatic heterocycles. The molecule has 13 heteroatoms. The fourth-order valence-electron chi connectivity index (χ4n) is 2.30. The molecule has 0 aromatic heterocycles. The molecule has 0 amide bonds. The molecule has 0 aliphatic rings. The molecule has 32 heavy (non-hydrogen) atoms. The summed E-state index contributed by atoms with van der Waals surface area (Å²) in [7, 11) is -7.34. The van der Waals surface area contributed by atoms with Crippen LogP contribution in [0.5, 0.6) is 11.5 Å². The molecule has 3 rings (SSSR count). The lowest BCUT2D eigenvalue weighted by Crippen LogP contribution is -2.07. The highest BCUT2D eigenvalue weighted by Gasteiger charge is 2.32. The Kier molecular flexibility index (Phi) is 7.97. The average Bonchev–Trinajstić information content (AvgIpc) is 2.69. The first-order chi connectivity index (χ1) is 14.9. The molecular formula is C19H15F3N2O6S2. The zero-order valence-electron chi connectivity index (χ0n) is 15.9. The zero-order valence-corrected chi connectivity index (χ0v) is 17.5. The van der Waals surface area contributed by atoms with E-state index < -0.39 is 37.3 Å². The van der Waals surface area contributed by atoms with Crippen molar-refractivity contribution in [3.63, 3.8) is 0 Å². The molecule has 3 N–H and O–H groups in total. The lowest BCUT2D eigenvalue weighted by atomic mass is 10.2. The molecule has 0 heterocycles. The van der Waals surface area contributed by atoms with Gasteiger partial charge < -0.3 is 10.5 Å². The van der Waals surface area contributed by atoms with Gasteiger partial charge in [-0.05, 0) is 42.5 Å². The van der Waals surface area contributed by atoms with Crippen molar-refractivity contribution in [1.29, 1.82) is 0 Å². The predicted octanol–water partition coefficient (Wildman–Crippen LogP) is 4.71. The Morgan fingerprint density at radius 2 is 1.53 bits per heavy atom. The Hall–Kier alpha value is -3.42. The standard InChI is InChI=1S/C12H9NO6S2.C7H6F3N/c14-20(15)13-9-6-7-11(12(8-9)21(16,17)18)19-10-4-2-1-3-5-10;8-7(9,10)5-3-1-2-4-6(5)11/h1-8H,(H,16,17,18);1-4H,11H2. The predicted molar refractivity (Wildman–Crippen MR) is 110 cm³/mol. The maximum Gasteiger partial charge on any atom is 0.418 e. The monoisotopic (exact) mass is 488 g/mol. The first kappa shape index (κ1) is 24.8. The maximum atomic E-state index is 12.0. The van der Waals surface area contributed by atoms with Gasteiger partial charge in [-0.3, -0.25) is 4.55 Å². The number of nitrogens with two attached hydrogens (primary N) is 1. The van der Waals surface area contributed by atoms with Crippen LogP contribution in [0.15, 0.2) is 82.1 Å². The van der Waals surface area contributed by atoms with E-state index in [-0.39, 0.29) is 17.1 Å². The van der Waals surface area contributed by atoms with Gasteiger partial charge in [-0.1, -0.05) is 30.3 Å². The number of hydrogen-bond donors (Lipinski definition) is 2. The second kappa shape index (κ2) is 10.3. The van der Waals surface area contributed by atoms with Crippen LogP contribution in [0.4, 0.5) is 24.5 Å². The molecule has 0 saturated carbocycles. The van der Waals surface area contributed by atoms with Crippen molar-refractivity contribution in [2.24, 2.45) is 4.36 Å². The summed E-state index contributed by atoms with van der Waals surface area (Å²) in [5, 5.41) is 0. The summed E-state index contributed by atoms with van der Waals surface area (Å²) < 4.78 is 97.4. The normalized spacial score (nSPS) is 11.1. The molecule has 170 valence electrons. The highest BCUT2D eigenvalue weighted by atomic mass is 32.2. The Balaban J connectivity index is 0.000000278. The fourth-order valence-corrected chi connectivity index (χ4v) is 3.22. The van der Waals surface area contributed by atoms with E-state index in [1.165, 1.54) is 30.3 Å². The van der Waals surface area contributed by atoms with Gasteiger partial charge >= 0.3 is 16.7 Å². The summed E-state index contributed by atoms with van der Waals surface area (Å²) in [5.74, 6) is 0.221. The quantitative estimate of drug-likeness (QED) is 0.401. The van der Waals surface area contributed by atoms with E-state index >= 15 is 0 Å². The molecule has 0 spiro atoms.